The van der Waals surface area contributed by atoms with Gasteiger partial charge in [0.2, 0.25) is 0 Å². The third-order valence-corrected chi connectivity index (χ3v) is 22.3. The van der Waals surface area contributed by atoms with Gasteiger partial charge in [-0.15, -0.1) is 0 Å². The van der Waals surface area contributed by atoms with E-state index in [4.69, 9.17) is 0 Å². The van der Waals surface area contributed by atoms with Crippen LogP contribution in [0.2, 0.25) is 26.2 Å². The zero-order chi connectivity index (χ0) is 39.7. The molecule has 2 aliphatic heterocycles. The smallest absolute Gasteiger partial charge is 0.0619 e. The van der Waals surface area contributed by atoms with Crippen LogP contribution in [0.5, 0.6) is 0 Å². The molecule has 0 bridgehead atoms. The molecular formula is C56H48Si2. The van der Waals surface area contributed by atoms with Crippen molar-refractivity contribution in [3.05, 3.63) is 168 Å². The first-order chi connectivity index (χ1) is 27.8. The maximum Gasteiger partial charge on any atom is 0.113 e. The minimum absolute atomic E-state index is 0.0129. The molecule has 2 aliphatic carbocycles. The molecule has 0 aromatic heterocycles. The standard InChI is InChI=1S/C56H48Si2/c1-55(2)45-17-11-9-14-37(45)39-24-20-33(28-47(39)55)35-22-26-41-44-32-52-53(43-16-13-19-49(54(43)44)57(5,6)50(41)30-35)42-27-23-36(31-51(42)58(52,7)8)34-21-25-40-38-15-10-12-18-46(38)56(3,4)48(40)29-34/h9-32H,1-8H3. The van der Waals surface area contributed by atoms with Gasteiger partial charge in [-0.05, 0) is 133 Å². The lowest BCUT2D eigenvalue weighted by Gasteiger charge is -2.35. The van der Waals surface area contributed by atoms with Crippen molar-refractivity contribution in [1.82, 2.24) is 0 Å². The fourth-order valence-electron chi connectivity index (χ4n) is 12.0. The van der Waals surface area contributed by atoms with Crippen molar-refractivity contribution in [3.63, 3.8) is 0 Å². The maximum atomic E-state index is 2.65. The Morgan fingerprint density at radius 2 is 0.776 bits per heavy atom. The van der Waals surface area contributed by atoms with Crippen LogP contribution in [0.1, 0.15) is 49.9 Å². The Hall–Kier alpha value is -5.55. The van der Waals surface area contributed by atoms with E-state index in [1.807, 2.05) is 0 Å². The van der Waals surface area contributed by atoms with E-state index in [0.717, 1.165) is 0 Å². The van der Waals surface area contributed by atoms with Gasteiger partial charge in [0.1, 0.15) is 16.1 Å². The van der Waals surface area contributed by atoms with Crippen LogP contribution in [-0.2, 0) is 10.8 Å². The normalized spacial score (nSPS) is 17.2. The minimum atomic E-state index is -2.07. The topological polar surface area (TPSA) is 0 Å². The summed E-state index contributed by atoms with van der Waals surface area (Å²) in [5.41, 5.74) is 22.4. The van der Waals surface area contributed by atoms with Crippen LogP contribution in [0.3, 0.4) is 0 Å². The van der Waals surface area contributed by atoms with Gasteiger partial charge in [-0.25, -0.2) is 0 Å². The van der Waals surface area contributed by atoms with Crippen LogP contribution >= 0.6 is 0 Å². The maximum absolute atomic E-state index is 2.65. The molecule has 58 heavy (non-hydrogen) atoms. The highest BCUT2D eigenvalue weighted by molar-refractivity contribution is 7.05. The van der Waals surface area contributed by atoms with Crippen molar-refractivity contribution >= 4 is 47.7 Å². The fraction of sp³-hybridized carbons (Fsp3) is 0.179. The van der Waals surface area contributed by atoms with Crippen LogP contribution in [0.4, 0.5) is 0 Å². The van der Waals surface area contributed by atoms with Crippen LogP contribution in [0.25, 0.3) is 77.5 Å². The molecule has 12 rings (SSSR count). The molecular weight excluding hydrogens is 729 g/mol. The van der Waals surface area contributed by atoms with Crippen molar-refractivity contribution in [2.24, 2.45) is 0 Å². The van der Waals surface area contributed by atoms with Gasteiger partial charge in [-0.1, -0.05) is 187 Å². The summed E-state index contributed by atoms with van der Waals surface area (Å²) in [5.74, 6) is 0. The van der Waals surface area contributed by atoms with Crippen molar-refractivity contribution in [2.75, 3.05) is 0 Å². The number of hydrogen-bond donors (Lipinski definition) is 0. The third kappa shape index (κ3) is 4.25. The Balaban J connectivity index is 0.985. The van der Waals surface area contributed by atoms with E-state index in [1.54, 1.807) is 20.7 Å². The Bertz CT molecular complexity index is 3170. The van der Waals surface area contributed by atoms with Crippen molar-refractivity contribution in [2.45, 2.75) is 64.7 Å². The molecule has 280 valence electrons. The monoisotopic (exact) mass is 776 g/mol. The highest BCUT2D eigenvalue weighted by atomic mass is 28.3. The average Bonchev–Trinajstić information content (AvgIpc) is 3.71. The van der Waals surface area contributed by atoms with Gasteiger partial charge in [0.25, 0.3) is 0 Å². The lowest BCUT2D eigenvalue weighted by molar-refractivity contribution is 0.660. The highest BCUT2D eigenvalue weighted by Gasteiger charge is 2.43. The van der Waals surface area contributed by atoms with Crippen LogP contribution in [-0.4, -0.2) is 16.1 Å². The van der Waals surface area contributed by atoms with Gasteiger partial charge in [0, 0.05) is 10.8 Å². The number of fused-ring (bicyclic) bond motifs is 12. The molecule has 8 aromatic rings. The Kier molecular flexibility index (Phi) is 6.62. The molecule has 0 amide bonds. The molecule has 0 fully saturated rings. The summed E-state index contributed by atoms with van der Waals surface area (Å²) in [6.45, 7) is 19.9. The van der Waals surface area contributed by atoms with E-state index in [0.29, 0.717) is 0 Å². The number of hydrogen-bond acceptors (Lipinski definition) is 0. The highest BCUT2D eigenvalue weighted by Crippen LogP contribution is 2.51. The predicted molar refractivity (Wildman–Crippen MR) is 254 cm³/mol. The zero-order valence-corrected chi connectivity index (χ0v) is 36.9. The van der Waals surface area contributed by atoms with E-state index in [9.17, 15) is 0 Å². The first-order valence-electron chi connectivity index (χ1n) is 21.2. The van der Waals surface area contributed by atoms with Crippen LogP contribution in [0, 0.1) is 0 Å². The van der Waals surface area contributed by atoms with E-state index in [-0.39, 0.29) is 10.8 Å². The molecule has 8 aromatic carbocycles. The molecule has 0 saturated heterocycles. The van der Waals surface area contributed by atoms with E-state index >= 15 is 0 Å². The summed E-state index contributed by atoms with van der Waals surface area (Å²) >= 11 is 0. The summed E-state index contributed by atoms with van der Waals surface area (Å²) in [6.07, 6.45) is 0. The quantitative estimate of drug-likeness (QED) is 0.153. The Morgan fingerprint density at radius 1 is 0.328 bits per heavy atom. The molecule has 0 unspecified atom stereocenters. The van der Waals surface area contributed by atoms with E-state index in [1.165, 1.54) is 99.8 Å². The SMILES string of the molecule is CC1(C)c2ccccc2-c2ccc(-c3ccc4c(c3)[Si](C)(C)c3cc5c6c(cccc6c3-4)[Si](C)(C)c3cc(-c4ccc6c(c4)C(C)(C)c4ccccc4-6)ccc3-5)cc21. The summed E-state index contributed by atoms with van der Waals surface area (Å²) in [7, 11) is -4.14. The molecule has 2 heterocycles. The predicted octanol–water partition coefficient (Wildman–Crippen LogP) is 12.4. The second kappa shape index (κ2) is 11.1. The molecule has 0 radical (unpaired) electrons. The Morgan fingerprint density at radius 3 is 1.34 bits per heavy atom. The second-order valence-electron chi connectivity index (χ2n) is 19.7. The zero-order valence-electron chi connectivity index (χ0n) is 34.9. The number of benzene rings is 8. The van der Waals surface area contributed by atoms with Crippen LogP contribution in [0.15, 0.2) is 146 Å². The Labute approximate surface area is 345 Å². The molecule has 2 heteroatoms. The first kappa shape index (κ1) is 34.5. The van der Waals surface area contributed by atoms with Gasteiger partial charge >= 0.3 is 0 Å². The fourth-order valence-corrected chi connectivity index (χ4v) is 18.2. The summed E-state index contributed by atoms with van der Waals surface area (Å²) in [5, 5.41) is 9.24. The largest absolute Gasteiger partial charge is 0.113 e. The molecule has 0 saturated carbocycles. The molecule has 4 aliphatic rings. The second-order valence-corrected chi connectivity index (χ2v) is 28.4. The van der Waals surface area contributed by atoms with Crippen LogP contribution < -0.4 is 20.7 Å². The molecule has 0 spiro atoms. The van der Waals surface area contributed by atoms with Gasteiger partial charge < -0.3 is 0 Å². The first-order valence-corrected chi connectivity index (χ1v) is 27.2. The molecule has 0 atom stereocenters. The average molecular weight is 777 g/mol. The summed E-state index contributed by atoms with van der Waals surface area (Å²) in [4.78, 5) is 0. The van der Waals surface area contributed by atoms with Gasteiger partial charge in [0.05, 0.1) is 0 Å². The minimum Gasteiger partial charge on any atom is -0.0619 e. The lowest BCUT2D eigenvalue weighted by atomic mass is 9.81. The van der Waals surface area contributed by atoms with E-state index in [2.05, 4.69) is 199 Å². The third-order valence-electron chi connectivity index (χ3n) is 15.3. The van der Waals surface area contributed by atoms with Crippen molar-refractivity contribution in [1.29, 1.82) is 0 Å². The summed E-state index contributed by atoms with van der Waals surface area (Å²) < 4.78 is 0. The van der Waals surface area contributed by atoms with Crippen molar-refractivity contribution < 1.29 is 0 Å². The van der Waals surface area contributed by atoms with Gasteiger partial charge in [-0.2, -0.15) is 0 Å². The molecule has 0 N–H and O–H groups in total. The van der Waals surface area contributed by atoms with E-state index < -0.39 is 16.1 Å². The van der Waals surface area contributed by atoms with Gasteiger partial charge in [0.15, 0.2) is 0 Å². The van der Waals surface area contributed by atoms with Gasteiger partial charge in [-0.3, -0.25) is 0 Å². The lowest BCUT2D eigenvalue weighted by Crippen LogP contribution is -2.56. The summed E-state index contributed by atoms with van der Waals surface area (Å²) in [6, 6.07) is 57.2. The van der Waals surface area contributed by atoms with Crippen molar-refractivity contribution in [3.8, 4) is 66.8 Å². The number of rotatable bonds is 2. The molecule has 0 nitrogen and oxygen atoms in total.